The number of alkyl halides is 3. The zero-order valence-electron chi connectivity index (χ0n) is 27.0. The van der Waals surface area contributed by atoms with Crippen LogP contribution < -0.4 is 16.0 Å². The van der Waals surface area contributed by atoms with Crippen molar-refractivity contribution in [2.24, 2.45) is 0 Å². The topological polar surface area (TPSA) is 92.2 Å². The van der Waals surface area contributed by atoms with Crippen molar-refractivity contribution in [2.45, 2.75) is 32.2 Å². The van der Waals surface area contributed by atoms with Crippen molar-refractivity contribution < 1.29 is 27.6 Å². The van der Waals surface area contributed by atoms with Crippen LogP contribution in [0.15, 0.2) is 133 Å². The van der Waals surface area contributed by atoms with E-state index in [1.165, 1.54) is 12.1 Å². The van der Waals surface area contributed by atoms with E-state index in [0.29, 0.717) is 46.5 Å². The van der Waals surface area contributed by atoms with Crippen molar-refractivity contribution in [2.75, 3.05) is 5.32 Å². The van der Waals surface area contributed by atoms with Crippen LogP contribution in [-0.2, 0) is 24.1 Å². The largest absolute Gasteiger partial charge is 0.416 e. The van der Waals surface area contributed by atoms with Gasteiger partial charge in [0.15, 0.2) is 0 Å². The highest BCUT2D eigenvalue weighted by atomic mass is 19.4. The third-order valence-corrected chi connectivity index (χ3v) is 8.38. The molecule has 1 atom stereocenters. The number of benzene rings is 5. The second kappa shape index (κ2) is 14.5. The molecule has 5 aromatic carbocycles. The Hall–Kier alpha value is -6.16. The molecule has 0 saturated heterocycles. The van der Waals surface area contributed by atoms with Crippen molar-refractivity contribution >= 4 is 34.3 Å². The highest BCUT2D eigenvalue weighted by molar-refractivity contribution is 6.09. The molecule has 0 bridgehead atoms. The molecule has 3 N–H and O–H groups in total. The second-order valence-electron chi connectivity index (χ2n) is 11.6. The van der Waals surface area contributed by atoms with E-state index in [0.717, 1.165) is 23.2 Å². The Bertz CT molecular complexity index is 2140. The fourth-order valence-corrected chi connectivity index (χ4v) is 5.89. The van der Waals surface area contributed by atoms with Crippen molar-refractivity contribution in [1.29, 1.82) is 0 Å². The van der Waals surface area contributed by atoms with Gasteiger partial charge in [0.25, 0.3) is 11.8 Å². The number of carbonyl (C=O) groups excluding carboxylic acids is 3. The number of amides is 3. The molecule has 3 amide bonds. The van der Waals surface area contributed by atoms with Crippen LogP contribution in [0.2, 0.25) is 0 Å². The van der Waals surface area contributed by atoms with E-state index in [-0.39, 0.29) is 11.5 Å². The maximum atomic E-state index is 13.8. The van der Waals surface area contributed by atoms with Crippen LogP contribution in [0, 0.1) is 0 Å². The number of hydrogen-bond acceptors (Lipinski definition) is 3. The average molecular weight is 675 g/mol. The van der Waals surface area contributed by atoms with Gasteiger partial charge in [0, 0.05) is 35.2 Å². The van der Waals surface area contributed by atoms with Crippen LogP contribution in [0.1, 0.15) is 50.5 Å². The molecule has 0 saturated carbocycles. The molecule has 252 valence electrons. The van der Waals surface area contributed by atoms with Gasteiger partial charge in [0.1, 0.15) is 11.7 Å². The third kappa shape index (κ3) is 7.44. The van der Waals surface area contributed by atoms with Gasteiger partial charge in [0.2, 0.25) is 5.91 Å². The van der Waals surface area contributed by atoms with Crippen molar-refractivity contribution in [1.82, 2.24) is 15.2 Å². The van der Waals surface area contributed by atoms with E-state index in [4.69, 9.17) is 0 Å². The molecule has 6 rings (SSSR count). The molecule has 0 aliphatic rings. The number of fused-ring (bicyclic) bond motifs is 1. The smallest absolute Gasteiger partial charge is 0.350 e. The van der Waals surface area contributed by atoms with Gasteiger partial charge in [-0.05, 0) is 71.6 Å². The van der Waals surface area contributed by atoms with Crippen LogP contribution in [0.3, 0.4) is 0 Å². The lowest BCUT2D eigenvalue weighted by atomic mass is 9.98. The molecule has 1 aromatic heterocycles. The summed E-state index contributed by atoms with van der Waals surface area (Å²) in [5.41, 5.74) is 3.59. The average Bonchev–Trinajstić information content (AvgIpc) is 3.51. The third-order valence-electron chi connectivity index (χ3n) is 8.38. The summed E-state index contributed by atoms with van der Waals surface area (Å²) in [7, 11) is 0. The fraction of sp³-hybridized carbons (Fsp3) is 0.125. The summed E-state index contributed by atoms with van der Waals surface area (Å²) < 4.78 is 41.2. The van der Waals surface area contributed by atoms with Crippen LogP contribution in [0.25, 0.3) is 22.0 Å². The molecule has 0 radical (unpaired) electrons. The number of halogens is 3. The van der Waals surface area contributed by atoms with Crippen molar-refractivity contribution in [3.63, 3.8) is 0 Å². The van der Waals surface area contributed by atoms with Gasteiger partial charge in [-0.1, -0.05) is 91.0 Å². The molecule has 0 spiro atoms. The van der Waals surface area contributed by atoms with E-state index in [2.05, 4.69) is 16.0 Å². The Labute approximate surface area is 286 Å². The minimum Gasteiger partial charge on any atom is -0.350 e. The monoisotopic (exact) mass is 674 g/mol. The van der Waals surface area contributed by atoms with Crippen LogP contribution in [-0.4, -0.2) is 22.3 Å². The molecular weight excluding hydrogens is 641 g/mol. The zero-order valence-corrected chi connectivity index (χ0v) is 27.0. The quantitative estimate of drug-likeness (QED) is 0.136. The number of carbonyl (C=O) groups is 3. The summed E-state index contributed by atoms with van der Waals surface area (Å²) in [6, 6.07) is 35.9. The molecule has 6 aromatic rings. The van der Waals surface area contributed by atoms with Gasteiger partial charge >= 0.3 is 6.18 Å². The zero-order chi connectivity index (χ0) is 35.3. The van der Waals surface area contributed by atoms with E-state index in [9.17, 15) is 27.6 Å². The number of aryl methyl sites for hydroxylation is 1. The molecule has 0 aliphatic carbocycles. The highest BCUT2D eigenvalue weighted by Gasteiger charge is 2.30. The number of nitrogens with zero attached hydrogens (tertiary/aromatic N) is 1. The Balaban J connectivity index is 1.23. The Morgan fingerprint density at radius 1 is 0.740 bits per heavy atom. The van der Waals surface area contributed by atoms with Crippen LogP contribution in [0.5, 0.6) is 0 Å². The normalized spacial score (nSPS) is 11.9. The Morgan fingerprint density at radius 2 is 1.40 bits per heavy atom. The van der Waals surface area contributed by atoms with E-state index >= 15 is 0 Å². The van der Waals surface area contributed by atoms with Gasteiger partial charge in [-0.3, -0.25) is 14.4 Å². The first-order chi connectivity index (χ1) is 24.1. The van der Waals surface area contributed by atoms with E-state index in [1.807, 2.05) is 47.9 Å². The maximum absolute atomic E-state index is 13.8. The van der Waals surface area contributed by atoms with Gasteiger partial charge in [-0.25, -0.2) is 0 Å². The standard InChI is InChI=1S/C40H33F3N4O3/c1-2-47-34-22-21-31(45-37(48)33-16-10-9-15-32(33)27-17-19-30(20-18-27)40(41,42)43)23-29(34)24-35(47)38(49)46-36(28-13-7-4-8-14-28)39(50)44-25-26-11-5-3-6-12-26/h3-24,36H,2,25H2,1H3,(H,44,50)(H,45,48)(H,46,49)/t36-/m0/s1. The SMILES string of the molecule is CCn1c(C(=O)N[C@H](C(=O)NCc2ccccc2)c2ccccc2)cc2cc(NC(=O)c3ccccc3-c3ccc(C(F)(F)F)cc3)ccc21. The van der Waals surface area contributed by atoms with Crippen LogP contribution in [0.4, 0.5) is 18.9 Å². The first-order valence-corrected chi connectivity index (χ1v) is 16.0. The number of rotatable bonds is 10. The van der Waals surface area contributed by atoms with Gasteiger partial charge in [0.05, 0.1) is 5.56 Å². The molecular formula is C40H33F3N4O3. The predicted molar refractivity (Wildman–Crippen MR) is 187 cm³/mol. The maximum Gasteiger partial charge on any atom is 0.416 e. The highest BCUT2D eigenvalue weighted by Crippen LogP contribution is 2.32. The molecule has 0 unspecified atom stereocenters. The summed E-state index contributed by atoms with van der Waals surface area (Å²) in [6.07, 6.45) is -4.47. The molecule has 50 heavy (non-hydrogen) atoms. The molecule has 0 aliphatic heterocycles. The van der Waals surface area contributed by atoms with Crippen LogP contribution >= 0.6 is 0 Å². The first-order valence-electron chi connectivity index (χ1n) is 16.0. The number of hydrogen-bond donors (Lipinski definition) is 3. The minimum absolute atomic E-state index is 0.288. The fourth-order valence-electron chi connectivity index (χ4n) is 5.89. The summed E-state index contributed by atoms with van der Waals surface area (Å²) >= 11 is 0. The predicted octanol–water partition coefficient (Wildman–Crippen LogP) is 8.39. The van der Waals surface area contributed by atoms with Gasteiger partial charge < -0.3 is 20.5 Å². The number of aromatic nitrogens is 1. The lowest BCUT2D eigenvalue weighted by Crippen LogP contribution is -2.40. The lowest BCUT2D eigenvalue weighted by molar-refractivity contribution is -0.137. The summed E-state index contributed by atoms with van der Waals surface area (Å²) in [6.45, 7) is 2.68. The second-order valence-corrected chi connectivity index (χ2v) is 11.6. The Morgan fingerprint density at radius 3 is 2.08 bits per heavy atom. The van der Waals surface area contributed by atoms with E-state index in [1.54, 1.807) is 72.8 Å². The molecule has 1 heterocycles. The Kier molecular flexibility index (Phi) is 9.80. The van der Waals surface area contributed by atoms with Crippen molar-refractivity contribution in [3.05, 3.63) is 161 Å². The summed E-state index contributed by atoms with van der Waals surface area (Å²) in [5, 5.41) is 9.42. The molecule has 0 fully saturated rings. The van der Waals surface area contributed by atoms with Crippen molar-refractivity contribution in [3.8, 4) is 11.1 Å². The van der Waals surface area contributed by atoms with Gasteiger partial charge in [-0.15, -0.1) is 0 Å². The molecule has 10 heteroatoms. The summed E-state index contributed by atoms with van der Waals surface area (Å²) in [4.78, 5) is 40.7. The summed E-state index contributed by atoms with van der Waals surface area (Å²) in [5.74, 6) is -1.24. The van der Waals surface area contributed by atoms with E-state index < -0.39 is 29.6 Å². The number of anilines is 1. The lowest BCUT2D eigenvalue weighted by Gasteiger charge is -2.19. The van der Waals surface area contributed by atoms with Gasteiger partial charge in [-0.2, -0.15) is 13.2 Å². The number of nitrogens with one attached hydrogen (secondary N) is 3. The minimum atomic E-state index is -4.47. The first kappa shape index (κ1) is 33.7. The molecule has 7 nitrogen and oxygen atoms in total.